The second-order valence-electron chi connectivity index (χ2n) is 8.03. The smallest absolute Gasteiger partial charge is 0.223 e. The molecule has 1 unspecified atom stereocenters. The molecular weight excluding hydrogens is 515 g/mol. The molecule has 32 heavy (non-hydrogen) atoms. The number of aliphatic imine (C=N–C) groups is 1. The minimum Gasteiger partial charge on any atom is -0.496 e. The molecule has 0 aliphatic carbocycles. The Morgan fingerprint density at radius 2 is 1.94 bits per heavy atom. The summed E-state index contributed by atoms with van der Waals surface area (Å²) in [5, 5.41) is 6.71. The summed E-state index contributed by atoms with van der Waals surface area (Å²) in [6.45, 7) is 7.75. The minimum absolute atomic E-state index is 0. The van der Waals surface area contributed by atoms with Gasteiger partial charge in [0.15, 0.2) is 5.96 Å². The maximum absolute atomic E-state index is 12.4. The van der Waals surface area contributed by atoms with Crippen molar-refractivity contribution in [3.63, 3.8) is 0 Å². The number of methoxy groups -OCH3 is 1. The Hall–Kier alpha value is -2.29. The summed E-state index contributed by atoms with van der Waals surface area (Å²) in [5.41, 5.74) is 3.48. The van der Waals surface area contributed by atoms with E-state index in [-0.39, 0.29) is 29.9 Å². The van der Waals surface area contributed by atoms with Gasteiger partial charge < -0.3 is 20.3 Å². The van der Waals surface area contributed by atoms with Crippen molar-refractivity contribution in [2.24, 2.45) is 10.9 Å². The molecule has 1 amide bonds. The number of carbonyl (C=O) groups excluding carboxylic acids is 1. The van der Waals surface area contributed by atoms with Gasteiger partial charge in [0.1, 0.15) is 5.75 Å². The summed E-state index contributed by atoms with van der Waals surface area (Å²) in [5.74, 6) is 2.20. The molecule has 0 saturated carbocycles. The Morgan fingerprint density at radius 1 is 1.16 bits per heavy atom. The fraction of sp³-hybridized carbons (Fsp3) is 0.440. The summed E-state index contributed by atoms with van der Waals surface area (Å²) in [7, 11) is 1.69. The van der Waals surface area contributed by atoms with E-state index < -0.39 is 0 Å². The van der Waals surface area contributed by atoms with Crippen molar-refractivity contribution in [3.05, 3.63) is 65.2 Å². The first-order chi connectivity index (χ1) is 15.1. The first-order valence-corrected chi connectivity index (χ1v) is 11.1. The third-order valence-electron chi connectivity index (χ3n) is 5.60. The van der Waals surface area contributed by atoms with Crippen molar-refractivity contribution < 1.29 is 9.53 Å². The Kier molecular flexibility index (Phi) is 10.8. The second kappa shape index (κ2) is 13.3. The third kappa shape index (κ3) is 7.69. The minimum atomic E-state index is 0. The third-order valence-corrected chi connectivity index (χ3v) is 5.60. The zero-order chi connectivity index (χ0) is 22.1. The van der Waals surface area contributed by atoms with Crippen molar-refractivity contribution in [1.82, 2.24) is 15.5 Å². The number of amides is 1. The average molecular weight is 550 g/mol. The van der Waals surface area contributed by atoms with Crippen LogP contribution in [0.2, 0.25) is 0 Å². The maximum atomic E-state index is 12.4. The van der Waals surface area contributed by atoms with Gasteiger partial charge >= 0.3 is 0 Å². The molecule has 1 fully saturated rings. The van der Waals surface area contributed by atoms with E-state index in [0.717, 1.165) is 55.4 Å². The van der Waals surface area contributed by atoms with E-state index in [1.807, 2.05) is 36.1 Å². The standard InChI is InChI=1S/C25H34N4O2.HI/c1-4-26-25(27-16-21-11-10-19(2)23(14-21)31-3)28-17-22-15-24(30)29(18-22)13-12-20-8-6-5-7-9-20;/h5-11,14,22H,4,12-13,15-18H2,1-3H3,(H2,26,27,28);1H. The lowest BCUT2D eigenvalue weighted by Gasteiger charge is -2.18. The van der Waals surface area contributed by atoms with Crippen molar-refractivity contribution in [3.8, 4) is 5.75 Å². The lowest BCUT2D eigenvalue weighted by atomic mass is 10.1. The van der Waals surface area contributed by atoms with E-state index in [9.17, 15) is 4.79 Å². The number of aryl methyl sites for hydroxylation is 1. The Labute approximate surface area is 208 Å². The number of nitrogens with one attached hydrogen (secondary N) is 2. The molecule has 0 aromatic heterocycles. The molecule has 6 nitrogen and oxygen atoms in total. The molecule has 1 aliphatic rings. The van der Waals surface area contributed by atoms with Crippen LogP contribution in [0.1, 0.15) is 30.0 Å². The van der Waals surface area contributed by atoms with Crippen LogP contribution < -0.4 is 15.4 Å². The summed E-state index contributed by atoms with van der Waals surface area (Å²) >= 11 is 0. The Morgan fingerprint density at radius 3 is 2.66 bits per heavy atom. The van der Waals surface area contributed by atoms with Crippen LogP contribution in [-0.4, -0.2) is 50.1 Å². The molecular formula is C25H35IN4O2. The molecule has 1 saturated heterocycles. The van der Waals surface area contributed by atoms with Crippen LogP contribution in [0, 0.1) is 12.8 Å². The monoisotopic (exact) mass is 550 g/mol. The molecule has 174 valence electrons. The van der Waals surface area contributed by atoms with Gasteiger partial charge in [0.2, 0.25) is 5.91 Å². The van der Waals surface area contributed by atoms with Crippen LogP contribution in [0.25, 0.3) is 0 Å². The summed E-state index contributed by atoms with van der Waals surface area (Å²) in [4.78, 5) is 19.1. The second-order valence-corrected chi connectivity index (χ2v) is 8.03. The van der Waals surface area contributed by atoms with E-state index in [2.05, 4.69) is 41.8 Å². The summed E-state index contributed by atoms with van der Waals surface area (Å²) in [6.07, 6.45) is 1.49. The molecule has 1 aliphatic heterocycles. The highest BCUT2D eigenvalue weighted by molar-refractivity contribution is 14.0. The number of guanidine groups is 1. The number of likely N-dealkylation sites (tertiary alicyclic amines) is 1. The summed E-state index contributed by atoms with van der Waals surface area (Å²) < 4.78 is 5.41. The molecule has 2 N–H and O–H groups in total. The van der Waals surface area contributed by atoms with Gasteiger partial charge in [-0.3, -0.25) is 4.79 Å². The number of halogens is 1. The number of benzene rings is 2. The molecule has 0 radical (unpaired) electrons. The number of hydrogen-bond acceptors (Lipinski definition) is 3. The molecule has 7 heteroatoms. The van der Waals surface area contributed by atoms with Gasteiger partial charge in [0.25, 0.3) is 0 Å². The van der Waals surface area contributed by atoms with Crippen LogP contribution in [0.4, 0.5) is 0 Å². The normalized spacial score (nSPS) is 16.0. The Bertz CT molecular complexity index is 889. The van der Waals surface area contributed by atoms with Gasteiger partial charge in [0, 0.05) is 38.5 Å². The molecule has 3 rings (SSSR count). The van der Waals surface area contributed by atoms with Gasteiger partial charge in [-0.05, 0) is 43.0 Å². The van der Waals surface area contributed by atoms with Gasteiger partial charge in [-0.25, -0.2) is 4.99 Å². The lowest BCUT2D eigenvalue weighted by molar-refractivity contribution is -0.127. The van der Waals surface area contributed by atoms with Gasteiger partial charge in [-0.2, -0.15) is 0 Å². The molecule has 2 aromatic rings. The number of nitrogens with zero attached hydrogens (tertiary/aromatic N) is 2. The van der Waals surface area contributed by atoms with E-state index in [1.54, 1.807) is 7.11 Å². The highest BCUT2D eigenvalue weighted by Crippen LogP contribution is 2.20. The molecule has 1 atom stereocenters. The van der Waals surface area contributed by atoms with E-state index in [1.165, 1.54) is 5.56 Å². The fourth-order valence-corrected chi connectivity index (χ4v) is 3.83. The SMILES string of the molecule is CCNC(=NCc1ccc(C)c(OC)c1)NCC1CC(=O)N(CCc2ccccc2)C1.I. The van der Waals surface area contributed by atoms with Crippen molar-refractivity contribution in [2.75, 3.05) is 33.3 Å². The lowest BCUT2D eigenvalue weighted by Crippen LogP contribution is -2.40. The van der Waals surface area contributed by atoms with E-state index in [0.29, 0.717) is 18.9 Å². The predicted molar refractivity (Wildman–Crippen MR) is 141 cm³/mol. The zero-order valence-electron chi connectivity index (χ0n) is 19.3. The first kappa shape index (κ1) is 26.0. The van der Waals surface area contributed by atoms with E-state index in [4.69, 9.17) is 9.73 Å². The van der Waals surface area contributed by atoms with Crippen molar-refractivity contribution in [2.45, 2.75) is 33.2 Å². The van der Waals surface area contributed by atoms with Crippen LogP contribution >= 0.6 is 24.0 Å². The van der Waals surface area contributed by atoms with Crippen LogP contribution in [0.3, 0.4) is 0 Å². The van der Waals surface area contributed by atoms with Crippen LogP contribution in [-0.2, 0) is 17.8 Å². The maximum Gasteiger partial charge on any atom is 0.223 e. The van der Waals surface area contributed by atoms with Crippen molar-refractivity contribution in [1.29, 1.82) is 0 Å². The summed E-state index contributed by atoms with van der Waals surface area (Å²) in [6, 6.07) is 16.5. The zero-order valence-corrected chi connectivity index (χ0v) is 21.6. The predicted octanol–water partition coefficient (Wildman–Crippen LogP) is 3.77. The van der Waals surface area contributed by atoms with E-state index >= 15 is 0 Å². The van der Waals surface area contributed by atoms with Gasteiger partial charge in [-0.15, -0.1) is 24.0 Å². The number of ether oxygens (including phenoxy) is 1. The molecule has 0 bridgehead atoms. The van der Waals surface area contributed by atoms with Crippen LogP contribution in [0.5, 0.6) is 5.75 Å². The quantitative estimate of drug-likeness (QED) is 0.284. The molecule has 2 aromatic carbocycles. The fourth-order valence-electron chi connectivity index (χ4n) is 3.83. The number of hydrogen-bond donors (Lipinski definition) is 2. The number of carbonyl (C=O) groups is 1. The molecule has 1 heterocycles. The van der Waals surface area contributed by atoms with Gasteiger partial charge in [0.05, 0.1) is 13.7 Å². The molecule has 0 spiro atoms. The van der Waals surface area contributed by atoms with Crippen LogP contribution in [0.15, 0.2) is 53.5 Å². The van der Waals surface area contributed by atoms with Gasteiger partial charge in [-0.1, -0.05) is 42.5 Å². The average Bonchev–Trinajstić information content (AvgIpc) is 3.15. The topological polar surface area (TPSA) is 66.0 Å². The highest BCUT2D eigenvalue weighted by Gasteiger charge is 2.29. The Balaban J connectivity index is 0.00000363. The largest absolute Gasteiger partial charge is 0.496 e. The first-order valence-electron chi connectivity index (χ1n) is 11.1. The number of rotatable bonds is 9. The van der Waals surface area contributed by atoms with Crippen molar-refractivity contribution >= 4 is 35.8 Å². The highest BCUT2D eigenvalue weighted by atomic mass is 127.